The van der Waals surface area contributed by atoms with Crippen LogP contribution in [0.2, 0.25) is 0 Å². The first-order valence-corrected chi connectivity index (χ1v) is 6.93. The molecule has 1 amide bonds. The van der Waals surface area contributed by atoms with E-state index < -0.39 is 0 Å². The minimum absolute atomic E-state index is 0.00775. The largest absolute Gasteiger partial charge is 0.361 e. The zero-order valence-electron chi connectivity index (χ0n) is 12.0. The molecule has 0 radical (unpaired) electrons. The Morgan fingerprint density at radius 1 is 1.42 bits per heavy atom. The molecule has 5 heteroatoms. The van der Waals surface area contributed by atoms with Crippen LogP contribution in [-0.4, -0.2) is 29.1 Å². The molecule has 0 aliphatic heterocycles. The first-order chi connectivity index (χ1) is 9.00. The Balaban J connectivity index is 2.03. The van der Waals surface area contributed by atoms with Gasteiger partial charge in [0.2, 0.25) is 5.91 Å². The van der Waals surface area contributed by atoms with Crippen molar-refractivity contribution >= 4 is 5.91 Å². The van der Waals surface area contributed by atoms with Crippen molar-refractivity contribution in [2.75, 3.05) is 7.05 Å². The summed E-state index contributed by atoms with van der Waals surface area (Å²) in [5, 5.41) is 3.92. The maximum Gasteiger partial charge on any atom is 0.227 e. The summed E-state index contributed by atoms with van der Waals surface area (Å²) in [4.78, 5) is 14.2. The highest BCUT2D eigenvalue weighted by Gasteiger charge is 2.30. The molecular formula is C14H23N3O2. The van der Waals surface area contributed by atoms with E-state index in [1.807, 2.05) is 20.9 Å². The van der Waals surface area contributed by atoms with Crippen molar-refractivity contribution in [2.24, 2.45) is 11.7 Å². The summed E-state index contributed by atoms with van der Waals surface area (Å²) >= 11 is 0. The average Bonchev–Trinajstić information content (AvgIpc) is 2.70. The van der Waals surface area contributed by atoms with Gasteiger partial charge in [0.05, 0.1) is 18.2 Å². The van der Waals surface area contributed by atoms with Crippen LogP contribution >= 0.6 is 0 Å². The van der Waals surface area contributed by atoms with Gasteiger partial charge in [-0.15, -0.1) is 0 Å². The molecule has 19 heavy (non-hydrogen) atoms. The third-order valence-corrected chi connectivity index (χ3v) is 4.09. The molecule has 0 aromatic carbocycles. The summed E-state index contributed by atoms with van der Waals surface area (Å²) in [5.74, 6) is 0.900. The first kappa shape index (κ1) is 14.1. The second-order valence-electron chi connectivity index (χ2n) is 5.55. The number of rotatable bonds is 3. The normalized spacial score (nSPS) is 23.4. The van der Waals surface area contributed by atoms with Gasteiger partial charge in [0.25, 0.3) is 0 Å². The highest BCUT2D eigenvalue weighted by Crippen LogP contribution is 2.25. The number of hydrogen-bond acceptors (Lipinski definition) is 4. The van der Waals surface area contributed by atoms with Crippen LogP contribution in [0.4, 0.5) is 0 Å². The second kappa shape index (κ2) is 5.74. The van der Waals surface area contributed by atoms with Gasteiger partial charge in [0, 0.05) is 18.7 Å². The van der Waals surface area contributed by atoms with Crippen LogP contribution < -0.4 is 5.73 Å². The van der Waals surface area contributed by atoms with Gasteiger partial charge in [-0.3, -0.25) is 4.79 Å². The lowest BCUT2D eigenvalue weighted by Gasteiger charge is -2.31. The molecule has 0 saturated heterocycles. The number of aromatic nitrogens is 1. The van der Waals surface area contributed by atoms with Crippen LogP contribution in [0.25, 0.3) is 0 Å². The van der Waals surface area contributed by atoms with E-state index in [0.29, 0.717) is 6.54 Å². The second-order valence-corrected chi connectivity index (χ2v) is 5.55. The summed E-state index contributed by atoms with van der Waals surface area (Å²) in [6.07, 6.45) is 4.10. The smallest absolute Gasteiger partial charge is 0.227 e. The summed E-state index contributed by atoms with van der Waals surface area (Å²) in [6.45, 7) is 4.32. The molecule has 5 nitrogen and oxygen atoms in total. The predicted molar refractivity (Wildman–Crippen MR) is 72.4 cm³/mol. The van der Waals surface area contributed by atoms with Crippen LogP contribution in [0.15, 0.2) is 4.52 Å². The summed E-state index contributed by atoms with van der Waals surface area (Å²) in [5.41, 5.74) is 7.92. The molecule has 2 atom stereocenters. The van der Waals surface area contributed by atoms with E-state index in [0.717, 1.165) is 42.7 Å². The Bertz CT molecular complexity index is 436. The van der Waals surface area contributed by atoms with Gasteiger partial charge in [-0.2, -0.15) is 0 Å². The van der Waals surface area contributed by atoms with E-state index in [1.54, 1.807) is 4.90 Å². The molecule has 1 aromatic heterocycles. The fourth-order valence-electron chi connectivity index (χ4n) is 2.79. The summed E-state index contributed by atoms with van der Waals surface area (Å²) in [6, 6.07) is 0.00775. The third-order valence-electron chi connectivity index (χ3n) is 4.09. The van der Waals surface area contributed by atoms with Crippen LogP contribution in [-0.2, 0) is 11.3 Å². The Morgan fingerprint density at radius 3 is 2.68 bits per heavy atom. The molecule has 2 unspecified atom stereocenters. The minimum Gasteiger partial charge on any atom is -0.361 e. The summed E-state index contributed by atoms with van der Waals surface area (Å²) in [7, 11) is 1.83. The van der Waals surface area contributed by atoms with E-state index in [2.05, 4.69) is 5.16 Å². The lowest BCUT2D eigenvalue weighted by molar-refractivity contribution is -0.136. The molecule has 1 aliphatic carbocycles. The quantitative estimate of drug-likeness (QED) is 0.904. The van der Waals surface area contributed by atoms with E-state index in [-0.39, 0.29) is 17.9 Å². The maximum atomic E-state index is 12.5. The maximum absolute atomic E-state index is 12.5. The Kier molecular flexibility index (Phi) is 4.24. The van der Waals surface area contributed by atoms with Crippen molar-refractivity contribution in [3.63, 3.8) is 0 Å². The van der Waals surface area contributed by atoms with Crippen molar-refractivity contribution in [3.05, 3.63) is 17.0 Å². The highest BCUT2D eigenvalue weighted by atomic mass is 16.5. The number of carbonyl (C=O) groups is 1. The van der Waals surface area contributed by atoms with Crippen LogP contribution in [0.3, 0.4) is 0 Å². The van der Waals surface area contributed by atoms with Gasteiger partial charge in [-0.05, 0) is 26.7 Å². The fourth-order valence-corrected chi connectivity index (χ4v) is 2.79. The lowest BCUT2D eigenvalue weighted by Crippen LogP contribution is -2.44. The zero-order chi connectivity index (χ0) is 14.0. The SMILES string of the molecule is Cc1noc(C)c1CN(C)C(=O)C1CCCCC1N. The van der Waals surface area contributed by atoms with Crippen molar-refractivity contribution < 1.29 is 9.32 Å². The first-order valence-electron chi connectivity index (χ1n) is 6.93. The topological polar surface area (TPSA) is 72.4 Å². The van der Waals surface area contributed by atoms with Crippen LogP contribution in [0.1, 0.15) is 42.7 Å². The average molecular weight is 265 g/mol. The van der Waals surface area contributed by atoms with Crippen molar-refractivity contribution in [1.29, 1.82) is 0 Å². The monoisotopic (exact) mass is 265 g/mol. The zero-order valence-corrected chi connectivity index (χ0v) is 12.0. The van der Waals surface area contributed by atoms with Gasteiger partial charge < -0.3 is 15.2 Å². The molecule has 106 valence electrons. The molecule has 2 N–H and O–H groups in total. The third kappa shape index (κ3) is 2.97. The Morgan fingerprint density at radius 2 is 2.11 bits per heavy atom. The van der Waals surface area contributed by atoms with Gasteiger partial charge in [-0.25, -0.2) is 0 Å². The number of amides is 1. The Labute approximate surface area is 114 Å². The number of carbonyl (C=O) groups excluding carboxylic acids is 1. The molecule has 1 fully saturated rings. The van der Waals surface area contributed by atoms with Crippen LogP contribution in [0, 0.1) is 19.8 Å². The molecular weight excluding hydrogens is 242 g/mol. The van der Waals surface area contributed by atoms with Crippen molar-refractivity contribution in [3.8, 4) is 0 Å². The number of nitrogens with two attached hydrogens (primary N) is 1. The number of hydrogen-bond donors (Lipinski definition) is 1. The van der Waals surface area contributed by atoms with E-state index in [9.17, 15) is 4.79 Å². The highest BCUT2D eigenvalue weighted by molar-refractivity contribution is 5.79. The number of nitrogens with zero attached hydrogens (tertiary/aromatic N) is 2. The van der Waals surface area contributed by atoms with Gasteiger partial charge in [0.1, 0.15) is 5.76 Å². The molecule has 1 heterocycles. The molecule has 2 rings (SSSR count). The minimum atomic E-state index is -0.0285. The van der Waals surface area contributed by atoms with E-state index in [4.69, 9.17) is 10.3 Å². The molecule has 0 spiro atoms. The van der Waals surface area contributed by atoms with Crippen molar-refractivity contribution in [1.82, 2.24) is 10.1 Å². The van der Waals surface area contributed by atoms with E-state index in [1.165, 1.54) is 0 Å². The van der Waals surface area contributed by atoms with Crippen molar-refractivity contribution in [2.45, 2.75) is 52.1 Å². The van der Waals surface area contributed by atoms with Gasteiger partial charge in [-0.1, -0.05) is 18.0 Å². The van der Waals surface area contributed by atoms with Gasteiger partial charge >= 0.3 is 0 Å². The fraction of sp³-hybridized carbons (Fsp3) is 0.714. The standard InChI is InChI=1S/C14H23N3O2/c1-9-12(10(2)19-16-9)8-17(3)14(18)11-6-4-5-7-13(11)15/h11,13H,4-8,15H2,1-3H3. The number of aryl methyl sites for hydroxylation is 2. The molecule has 1 aromatic rings. The molecule has 0 bridgehead atoms. The Hall–Kier alpha value is -1.36. The predicted octanol–water partition coefficient (Wildman–Crippen LogP) is 1.77. The molecule has 1 aliphatic rings. The van der Waals surface area contributed by atoms with E-state index >= 15 is 0 Å². The lowest BCUT2D eigenvalue weighted by atomic mass is 9.84. The molecule has 1 saturated carbocycles. The van der Waals surface area contributed by atoms with Crippen LogP contribution in [0.5, 0.6) is 0 Å². The summed E-state index contributed by atoms with van der Waals surface area (Å²) < 4.78 is 5.13. The van der Waals surface area contributed by atoms with Gasteiger partial charge in [0.15, 0.2) is 0 Å².